The Labute approximate surface area is 200 Å². The molecule has 0 aliphatic carbocycles. The Morgan fingerprint density at radius 1 is 0.714 bits per heavy atom. The summed E-state index contributed by atoms with van der Waals surface area (Å²) in [4.78, 5) is 92.7. The van der Waals surface area contributed by atoms with E-state index in [0.29, 0.717) is 0 Å². The number of carbonyl (C=O) groups excluding carboxylic acids is 1. The number of rotatable bonds is 19. The summed E-state index contributed by atoms with van der Waals surface area (Å²) in [5, 5.41) is 18.0. The highest BCUT2D eigenvalue weighted by Gasteiger charge is 2.35. The van der Waals surface area contributed by atoms with Gasteiger partial charge in [-0.05, 0) is 13.3 Å². The Morgan fingerprint density at radius 3 is 1.34 bits per heavy atom. The van der Waals surface area contributed by atoms with Crippen LogP contribution < -0.4 is 0 Å². The molecule has 1 atom stereocenters. The van der Waals surface area contributed by atoms with Crippen LogP contribution in [0.5, 0.6) is 0 Å². The van der Waals surface area contributed by atoms with E-state index in [2.05, 4.69) is 0 Å². The van der Waals surface area contributed by atoms with Crippen LogP contribution in [0.25, 0.3) is 0 Å². The van der Waals surface area contributed by atoms with Gasteiger partial charge >= 0.3 is 34.7 Å². The van der Waals surface area contributed by atoms with Crippen molar-refractivity contribution in [3.05, 3.63) is 0 Å². The van der Waals surface area contributed by atoms with Crippen LogP contribution in [0.3, 0.4) is 0 Å². The SMILES string of the molecule is CC(=O)CCC(N(CCN(CC(=O)O)CP(=O)(O)O)CCN(CC(=O)O)CP(=O)(O)O)P(=O)(O)O. The summed E-state index contributed by atoms with van der Waals surface area (Å²) < 4.78 is 34.8. The van der Waals surface area contributed by atoms with Crippen molar-refractivity contribution in [2.75, 3.05) is 51.8 Å². The zero-order valence-electron chi connectivity index (χ0n) is 18.9. The van der Waals surface area contributed by atoms with Crippen LogP contribution in [0.1, 0.15) is 19.8 Å². The first-order chi connectivity index (χ1) is 15.7. The molecule has 0 fully saturated rings. The molecule has 0 aromatic rings. The van der Waals surface area contributed by atoms with Crippen LogP contribution in [0.2, 0.25) is 0 Å². The lowest BCUT2D eigenvalue weighted by atomic mass is 10.2. The zero-order chi connectivity index (χ0) is 27.6. The Morgan fingerprint density at radius 2 is 1.09 bits per heavy atom. The molecular formula is C15H32N3O14P3. The van der Waals surface area contributed by atoms with E-state index in [1.165, 1.54) is 6.92 Å². The Balaban J connectivity index is 5.90. The fourth-order valence-corrected chi connectivity index (χ4v) is 5.80. The highest BCUT2D eigenvalue weighted by atomic mass is 31.2. The van der Waals surface area contributed by atoms with Gasteiger partial charge in [0.25, 0.3) is 0 Å². The highest BCUT2D eigenvalue weighted by molar-refractivity contribution is 7.52. The number of aliphatic carboxylic acids is 2. The lowest BCUT2D eigenvalue weighted by molar-refractivity contribution is -0.139. The van der Waals surface area contributed by atoms with E-state index in [4.69, 9.17) is 10.2 Å². The lowest BCUT2D eigenvalue weighted by Gasteiger charge is -2.35. The molecule has 0 saturated carbocycles. The van der Waals surface area contributed by atoms with E-state index in [1.54, 1.807) is 0 Å². The molecule has 0 aliphatic heterocycles. The molecule has 1 unspecified atom stereocenters. The number of carboxylic acid groups (broad SMARTS) is 2. The summed E-state index contributed by atoms with van der Waals surface area (Å²) in [5.41, 5.74) is 0. The smallest absolute Gasteiger partial charge is 0.342 e. The predicted molar refractivity (Wildman–Crippen MR) is 120 cm³/mol. The van der Waals surface area contributed by atoms with Crippen molar-refractivity contribution < 1.29 is 67.7 Å². The average Bonchev–Trinajstić information content (AvgIpc) is 2.57. The van der Waals surface area contributed by atoms with E-state index in [-0.39, 0.29) is 25.9 Å². The maximum atomic E-state index is 12.2. The highest BCUT2D eigenvalue weighted by Crippen LogP contribution is 2.45. The van der Waals surface area contributed by atoms with Crippen molar-refractivity contribution in [3.8, 4) is 0 Å². The molecule has 0 heterocycles. The fraction of sp³-hybridized carbons (Fsp3) is 0.800. The van der Waals surface area contributed by atoms with Crippen LogP contribution in [0, 0.1) is 0 Å². The molecule has 0 saturated heterocycles. The van der Waals surface area contributed by atoms with Crippen LogP contribution in [0.15, 0.2) is 0 Å². The van der Waals surface area contributed by atoms with E-state index in [0.717, 1.165) is 14.7 Å². The number of carboxylic acids is 2. The monoisotopic (exact) mass is 571 g/mol. The van der Waals surface area contributed by atoms with Crippen LogP contribution in [-0.2, 0) is 28.1 Å². The third-order valence-electron chi connectivity index (χ3n) is 4.46. The topological polar surface area (TPSA) is 274 Å². The van der Waals surface area contributed by atoms with Gasteiger partial charge in [-0.2, -0.15) is 0 Å². The van der Waals surface area contributed by atoms with Crippen LogP contribution in [-0.4, -0.2) is 130 Å². The van der Waals surface area contributed by atoms with Crippen molar-refractivity contribution in [2.45, 2.75) is 25.5 Å². The van der Waals surface area contributed by atoms with Crippen LogP contribution in [0.4, 0.5) is 0 Å². The first-order valence-corrected chi connectivity index (χ1v) is 15.2. The summed E-state index contributed by atoms with van der Waals surface area (Å²) in [7, 11) is -14.4. The van der Waals surface area contributed by atoms with Gasteiger partial charge in [0.2, 0.25) is 0 Å². The number of hydrogen-bond donors (Lipinski definition) is 8. The maximum Gasteiger partial charge on any atom is 0.342 e. The summed E-state index contributed by atoms with van der Waals surface area (Å²) in [5.74, 6) is -4.87. The first-order valence-electron chi connectivity index (χ1n) is 9.95. The number of carbonyl (C=O) groups is 3. The molecule has 0 aromatic heterocycles. The van der Waals surface area contributed by atoms with E-state index in [9.17, 15) is 57.4 Å². The zero-order valence-corrected chi connectivity index (χ0v) is 21.5. The third kappa shape index (κ3) is 17.9. The van der Waals surface area contributed by atoms with Crippen LogP contribution >= 0.6 is 22.8 Å². The van der Waals surface area contributed by atoms with Crippen molar-refractivity contribution in [2.24, 2.45) is 0 Å². The fourth-order valence-electron chi connectivity index (χ4n) is 3.15. The number of Topliss-reactive ketones (excluding diaryl/α,β-unsaturated/α-hetero) is 1. The number of nitrogens with zero attached hydrogens (tertiary/aromatic N) is 3. The van der Waals surface area contributed by atoms with Crippen molar-refractivity contribution in [1.29, 1.82) is 0 Å². The lowest BCUT2D eigenvalue weighted by Crippen LogP contribution is -2.46. The summed E-state index contributed by atoms with van der Waals surface area (Å²) >= 11 is 0. The largest absolute Gasteiger partial charge is 0.480 e. The second-order valence-corrected chi connectivity index (χ2v) is 12.8. The quantitative estimate of drug-likeness (QED) is 0.0794. The third-order valence-corrected chi connectivity index (χ3v) is 7.36. The second kappa shape index (κ2) is 14.6. The van der Waals surface area contributed by atoms with E-state index in [1.807, 2.05) is 0 Å². The Kier molecular flexibility index (Phi) is 14.2. The van der Waals surface area contributed by atoms with Gasteiger partial charge in [0.1, 0.15) is 24.1 Å². The van der Waals surface area contributed by atoms with Crippen molar-refractivity contribution in [1.82, 2.24) is 14.7 Å². The molecule has 206 valence electrons. The molecule has 35 heavy (non-hydrogen) atoms. The van der Waals surface area contributed by atoms with Gasteiger partial charge in [-0.1, -0.05) is 0 Å². The molecule has 0 bridgehead atoms. The summed E-state index contributed by atoms with van der Waals surface area (Å²) in [6.45, 7) is -1.98. The van der Waals surface area contributed by atoms with Gasteiger partial charge < -0.3 is 44.4 Å². The minimum Gasteiger partial charge on any atom is -0.480 e. The molecule has 0 aromatic carbocycles. The van der Waals surface area contributed by atoms with Gasteiger partial charge in [-0.3, -0.25) is 38.0 Å². The summed E-state index contributed by atoms with van der Waals surface area (Å²) in [6.07, 6.45) is -2.54. The van der Waals surface area contributed by atoms with Gasteiger partial charge in [-0.25, -0.2) is 0 Å². The van der Waals surface area contributed by atoms with Crippen molar-refractivity contribution >= 4 is 40.5 Å². The molecule has 20 heteroatoms. The average molecular weight is 571 g/mol. The Bertz CT molecular complexity index is 820. The van der Waals surface area contributed by atoms with Gasteiger partial charge in [0, 0.05) is 32.6 Å². The van der Waals surface area contributed by atoms with Crippen molar-refractivity contribution in [3.63, 3.8) is 0 Å². The standard InChI is InChI=1S/C15H32N3O14P3/c1-12(19)2-3-13(35(30,31)32)18(6-4-16(8-14(20)21)10-33(24,25)26)7-5-17(9-15(22)23)11-34(27,28)29/h13H,2-11H2,1H3,(H,20,21)(H,22,23)(H2,24,25,26)(H2,27,28,29)(H2,30,31,32). The number of hydrogen-bond acceptors (Lipinski definition) is 9. The Hall–Kier alpha value is -1.06. The van der Waals surface area contributed by atoms with E-state index < -0.39 is 85.0 Å². The van der Waals surface area contributed by atoms with Gasteiger partial charge in [-0.15, -0.1) is 0 Å². The minimum atomic E-state index is -4.95. The van der Waals surface area contributed by atoms with Gasteiger partial charge in [0.15, 0.2) is 0 Å². The predicted octanol–water partition coefficient (Wildman–Crippen LogP) is -1.79. The van der Waals surface area contributed by atoms with Gasteiger partial charge in [0.05, 0.1) is 13.1 Å². The minimum absolute atomic E-state index is 0.255. The molecule has 0 spiro atoms. The molecule has 0 aliphatic rings. The van der Waals surface area contributed by atoms with E-state index >= 15 is 0 Å². The number of ketones is 1. The molecule has 17 nitrogen and oxygen atoms in total. The molecule has 0 radical (unpaired) electrons. The maximum absolute atomic E-state index is 12.2. The first kappa shape index (κ1) is 33.9. The molecule has 0 rings (SSSR count). The second-order valence-electron chi connectivity index (χ2n) is 7.85. The summed E-state index contributed by atoms with van der Waals surface area (Å²) in [6, 6.07) is 0. The molecule has 8 N–H and O–H groups in total. The molecular weight excluding hydrogens is 539 g/mol. The molecule has 0 amide bonds. The normalized spacial score (nSPS) is 14.0.